The van der Waals surface area contributed by atoms with Crippen molar-refractivity contribution in [1.29, 1.82) is 0 Å². The van der Waals surface area contributed by atoms with Crippen molar-refractivity contribution in [3.63, 3.8) is 0 Å². The van der Waals surface area contributed by atoms with Crippen LogP contribution in [-0.4, -0.2) is 6.54 Å². The molecule has 0 bridgehead atoms. The van der Waals surface area contributed by atoms with Crippen molar-refractivity contribution >= 4 is 11.6 Å². The van der Waals surface area contributed by atoms with Gasteiger partial charge in [0.15, 0.2) is 17.4 Å². The molecule has 0 radical (unpaired) electrons. The van der Waals surface area contributed by atoms with E-state index in [4.69, 9.17) is 22.1 Å². The fourth-order valence-electron chi connectivity index (χ4n) is 1.84. The highest BCUT2D eigenvalue weighted by atomic mass is 35.5. The summed E-state index contributed by atoms with van der Waals surface area (Å²) in [5.41, 5.74) is 6.61. The molecule has 0 aliphatic heterocycles. The van der Waals surface area contributed by atoms with Gasteiger partial charge in [-0.25, -0.2) is 8.78 Å². The van der Waals surface area contributed by atoms with Gasteiger partial charge in [-0.05, 0) is 48.4 Å². The first kappa shape index (κ1) is 14.8. The largest absolute Gasteiger partial charge is 0.483 e. The third-order valence-corrected chi connectivity index (χ3v) is 3.00. The summed E-state index contributed by atoms with van der Waals surface area (Å²) in [4.78, 5) is 0. The zero-order valence-electron chi connectivity index (χ0n) is 10.7. The predicted octanol–water partition coefficient (Wildman–Crippen LogP) is 3.70. The van der Waals surface area contributed by atoms with Crippen molar-refractivity contribution in [3.8, 4) is 5.75 Å². The molecule has 0 atom stereocenters. The van der Waals surface area contributed by atoms with E-state index in [1.807, 2.05) is 0 Å². The van der Waals surface area contributed by atoms with E-state index in [1.165, 1.54) is 12.1 Å². The van der Waals surface area contributed by atoms with Crippen LogP contribution >= 0.6 is 11.6 Å². The van der Waals surface area contributed by atoms with E-state index < -0.39 is 11.6 Å². The van der Waals surface area contributed by atoms with Gasteiger partial charge in [-0.1, -0.05) is 23.7 Å². The van der Waals surface area contributed by atoms with E-state index in [0.717, 1.165) is 5.56 Å². The van der Waals surface area contributed by atoms with Crippen molar-refractivity contribution in [2.45, 2.75) is 13.0 Å². The molecule has 0 fully saturated rings. The Morgan fingerprint density at radius 3 is 2.35 bits per heavy atom. The number of benzene rings is 2. The molecule has 0 saturated carbocycles. The summed E-state index contributed by atoms with van der Waals surface area (Å²) < 4.78 is 32.8. The number of hydrogen-bond acceptors (Lipinski definition) is 2. The fourth-order valence-corrected chi connectivity index (χ4v) is 2.06. The Morgan fingerprint density at radius 1 is 1.05 bits per heavy atom. The van der Waals surface area contributed by atoms with Gasteiger partial charge in [0.2, 0.25) is 0 Å². The van der Waals surface area contributed by atoms with Gasteiger partial charge in [0.1, 0.15) is 6.61 Å². The van der Waals surface area contributed by atoms with Gasteiger partial charge in [-0.3, -0.25) is 0 Å². The third-order valence-electron chi connectivity index (χ3n) is 2.76. The topological polar surface area (TPSA) is 35.2 Å². The molecule has 2 rings (SSSR count). The molecule has 106 valence electrons. The number of halogens is 3. The van der Waals surface area contributed by atoms with Crippen molar-refractivity contribution in [3.05, 3.63) is 64.2 Å². The van der Waals surface area contributed by atoms with E-state index in [0.29, 0.717) is 23.6 Å². The van der Waals surface area contributed by atoms with Crippen LogP contribution in [0, 0.1) is 11.6 Å². The number of hydrogen-bond donors (Lipinski definition) is 1. The molecule has 0 spiro atoms. The van der Waals surface area contributed by atoms with Crippen molar-refractivity contribution in [1.82, 2.24) is 0 Å². The van der Waals surface area contributed by atoms with Crippen LogP contribution in [0.3, 0.4) is 0 Å². The summed E-state index contributed by atoms with van der Waals surface area (Å²) in [6.07, 6.45) is 0.419. The Hall–Kier alpha value is -1.65. The first-order valence-electron chi connectivity index (χ1n) is 6.15. The Morgan fingerprint density at radius 2 is 1.75 bits per heavy atom. The number of rotatable bonds is 5. The monoisotopic (exact) mass is 297 g/mol. The van der Waals surface area contributed by atoms with Crippen LogP contribution in [0.25, 0.3) is 0 Å². The van der Waals surface area contributed by atoms with Gasteiger partial charge >= 0.3 is 0 Å². The molecule has 2 nitrogen and oxygen atoms in total. The molecule has 2 N–H and O–H groups in total. The smallest absolute Gasteiger partial charge is 0.191 e. The summed E-state index contributed by atoms with van der Waals surface area (Å²) in [6, 6.07) is 9.39. The maximum absolute atomic E-state index is 13.8. The lowest BCUT2D eigenvalue weighted by molar-refractivity contribution is 0.274. The molecule has 2 aromatic carbocycles. The van der Waals surface area contributed by atoms with E-state index in [9.17, 15) is 8.78 Å². The van der Waals surface area contributed by atoms with Crippen LogP contribution < -0.4 is 10.5 Å². The second kappa shape index (κ2) is 6.68. The molecule has 0 amide bonds. The van der Waals surface area contributed by atoms with E-state index in [2.05, 4.69) is 0 Å². The highest BCUT2D eigenvalue weighted by molar-refractivity contribution is 6.30. The number of nitrogens with two attached hydrogens (primary N) is 1. The van der Waals surface area contributed by atoms with E-state index in [-0.39, 0.29) is 12.4 Å². The Labute approximate surface area is 121 Å². The van der Waals surface area contributed by atoms with Crippen LogP contribution in [-0.2, 0) is 13.0 Å². The van der Waals surface area contributed by atoms with Gasteiger partial charge in [-0.15, -0.1) is 0 Å². The lowest BCUT2D eigenvalue weighted by Crippen LogP contribution is -2.05. The average molecular weight is 298 g/mol. The SMILES string of the molecule is NCCc1cc(F)c(OCc2cccc(Cl)c2)c(F)c1. The first-order valence-corrected chi connectivity index (χ1v) is 6.53. The van der Waals surface area contributed by atoms with Crippen LogP contribution in [0.5, 0.6) is 5.75 Å². The minimum atomic E-state index is -0.726. The molecule has 20 heavy (non-hydrogen) atoms. The fraction of sp³-hybridized carbons (Fsp3) is 0.200. The second-order valence-electron chi connectivity index (χ2n) is 4.35. The zero-order valence-corrected chi connectivity index (χ0v) is 11.5. The summed E-state index contributed by atoms with van der Waals surface area (Å²) in [5.74, 6) is -1.84. The normalized spacial score (nSPS) is 10.6. The molecule has 2 aromatic rings. The predicted molar refractivity (Wildman–Crippen MR) is 74.9 cm³/mol. The Balaban J connectivity index is 2.13. The minimum absolute atomic E-state index is 0.0463. The molecule has 0 aromatic heterocycles. The highest BCUT2D eigenvalue weighted by Gasteiger charge is 2.12. The van der Waals surface area contributed by atoms with Crippen molar-refractivity contribution < 1.29 is 13.5 Å². The quantitative estimate of drug-likeness (QED) is 0.913. The van der Waals surface area contributed by atoms with Crippen LogP contribution in [0.4, 0.5) is 8.78 Å². The van der Waals surface area contributed by atoms with Gasteiger partial charge in [0, 0.05) is 5.02 Å². The minimum Gasteiger partial charge on any atom is -0.483 e. The summed E-state index contributed by atoms with van der Waals surface area (Å²) in [6.45, 7) is 0.381. The average Bonchev–Trinajstić information content (AvgIpc) is 2.38. The zero-order chi connectivity index (χ0) is 14.5. The highest BCUT2D eigenvalue weighted by Crippen LogP contribution is 2.25. The van der Waals surface area contributed by atoms with Gasteiger partial charge in [0.05, 0.1) is 0 Å². The number of ether oxygens (including phenoxy) is 1. The molecular weight excluding hydrogens is 284 g/mol. The molecule has 5 heteroatoms. The van der Waals surface area contributed by atoms with Gasteiger partial charge in [0.25, 0.3) is 0 Å². The molecule has 0 aliphatic carbocycles. The Bertz CT molecular complexity index is 581. The van der Waals surface area contributed by atoms with E-state index >= 15 is 0 Å². The molecular formula is C15H14ClF2NO. The first-order chi connectivity index (χ1) is 9.60. The third kappa shape index (κ3) is 3.68. The molecule has 0 saturated heterocycles. The van der Waals surface area contributed by atoms with Crippen molar-refractivity contribution in [2.75, 3.05) is 6.54 Å². The van der Waals surface area contributed by atoms with Crippen molar-refractivity contribution in [2.24, 2.45) is 5.73 Å². The Kier molecular flexibility index (Phi) is 4.93. The lowest BCUT2D eigenvalue weighted by Gasteiger charge is -2.10. The van der Waals surface area contributed by atoms with Gasteiger partial charge in [-0.2, -0.15) is 0 Å². The molecule has 0 unspecified atom stereocenters. The molecule has 0 aliphatic rings. The van der Waals surface area contributed by atoms with Crippen LogP contribution in [0.2, 0.25) is 5.02 Å². The maximum Gasteiger partial charge on any atom is 0.191 e. The van der Waals surface area contributed by atoms with E-state index in [1.54, 1.807) is 24.3 Å². The molecule has 0 heterocycles. The standard InChI is InChI=1S/C15H14ClF2NO/c16-12-3-1-2-11(6-12)9-20-15-13(17)7-10(4-5-19)8-14(15)18/h1-3,6-8H,4-5,9,19H2. The van der Waals surface area contributed by atoms with Crippen LogP contribution in [0.15, 0.2) is 36.4 Å². The lowest BCUT2D eigenvalue weighted by atomic mass is 10.1. The summed E-state index contributed by atoms with van der Waals surface area (Å²) in [5, 5.41) is 0.547. The van der Waals surface area contributed by atoms with Crippen LogP contribution in [0.1, 0.15) is 11.1 Å². The summed E-state index contributed by atoms with van der Waals surface area (Å²) >= 11 is 5.83. The summed E-state index contributed by atoms with van der Waals surface area (Å²) in [7, 11) is 0. The second-order valence-corrected chi connectivity index (χ2v) is 4.78. The maximum atomic E-state index is 13.8. The van der Waals surface area contributed by atoms with Gasteiger partial charge < -0.3 is 10.5 Å².